The van der Waals surface area contributed by atoms with Gasteiger partial charge < -0.3 is 9.64 Å². The molecule has 1 aromatic heterocycles. The number of aryl methyl sites for hydroxylation is 2. The number of pyridine rings is 1. The molecule has 1 atom stereocenters. The molecule has 0 saturated carbocycles. The zero-order valence-corrected chi connectivity index (χ0v) is 9.53. The van der Waals surface area contributed by atoms with E-state index in [2.05, 4.69) is 22.2 Å². The van der Waals surface area contributed by atoms with Gasteiger partial charge in [0.15, 0.2) is 12.5 Å². The molecule has 0 spiro atoms. The zero-order valence-electron chi connectivity index (χ0n) is 9.53. The van der Waals surface area contributed by atoms with Crippen molar-refractivity contribution in [3.8, 4) is 0 Å². The van der Waals surface area contributed by atoms with Crippen molar-refractivity contribution in [1.82, 2.24) is 4.98 Å². The molecule has 0 saturated heterocycles. The van der Waals surface area contributed by atoms with E-state index < -0.39 is 0 Å². The van der Waals surface area contributed by atoms with E-state index in [9.17, 15) is 0 Å². The van der Waals surface area contributed by atoms with Gasteiger partial charge in [-0.1, -0.05) is 0 Å². The van der Waals surface area contributed by atoms with Crippen molar-refractivity contribution >= 4 is 5.69 Å². The maximum absolute atomic E-state index is 5.33. The highest BCUT2D eigenvalue weighted by molar-refractivity contribution is 5.56. The van der Waals surface area contributed by atoms with Gasteiger partial charge in [-0.05, 0) is 39.8 Å². The molecule has 0 bridgehead atoms. The van der Waals surface area contributed by atoms with Gasteiger partial charge in [0.2, 0.25) is 0 Å². The second-order valence-electron chi connectivity index (χ2n) is 3.83. The Hall–Kier alpha value is -1.51. The zero-order chi connectivity index (χ0) is 11.0. The van der Waals surface area contributed by atoms with E-state index >= 15 is 0 Å². The Morgan fingerprint density at radius 1 is 1.33 bits per heavy atom. The second-order valence-corrected chi connectivity index (χ2v) is 3.83. The highest BCUT2D eigenvalue weighted by atomic mass is 16.5. The van der Waals surface area contributed by atoms with Crippen LogP contribution in [0, 0.1) is 20.1 Å². The quantitative estimate of drug-likeness (QED) is 0.701. The number of ether oxygens (including phenoxy) is 1. The number of allylic oxidation sites excluding steroid dienone is 1. The van der Waals surface area contributed by atoms with Crippen LogP contribution in [-0.4, -0.2) is 11.2 Å². The molecule has 3 heteroatoms. The maximum Gasteiger partial charge on any atom is 0.185 e. The molecule has 3 nitrogen and oxygen atoms in total. The first-order chi connectivity index (χ1) is 7.09. The van der Waals surface area contributed by atoms with Crippen LogP contribution in [0.15, 0.2) is 17.8 Å². The van der Waals surface area contributed by atoms with Crippen LogP contribution in [0.25, 0.3) is 0 Å². The summed E-state index contributed by atoms with van der Waals surface area (Å²) in [5.41, 5.74) is 4.15. The van der Waals surface area contributed by atoms with Crippen molar-refractivity contribution in [1.29, 1.82) is 0 Å². The van der Waals surface area contributed by atoms with E-state index in [1.54, 1.807) is 0 Å². The van der Waals surface area contributed by atoms with Crippen LogP contribution >= 0.6 is 0 Å². The number of hydrogen-bond acceptors (Lipinski definition) is 3. The number of hydrogen-bond donors (Lipinski definition) is 0. The van der Waals surface area contributed by atoms with Crippen molar-refractivity contribution in [3.05, 3.63) is 35.5 Å². The van der Waals surface area contributed by atoms with Crippen molar-refractivity contribution in [2.45, 2.75) is 33.9 Å². The highest BCUT2D eigenvalue weighted by Gasteiger charge is 2.24. The number of anilines is 1. The van der Waals surface area contributed by atoms with E-state index in [0.717, 1.165) is 22.8 Å². The molecule has 1 aliphatic rings. The minimum atomic E-state index is 0.00760. The first-order valence-corrected chi connectivity index (χ1v) is 5.08. The summed E-state index contributed by atoms with van der Waals surface area (Å²) < 4.78 is 5.33. The molecule has 1 aromatic rings. The molecule has 0 aliphatic carbocycles. The van der Waals surface area contributed by atoms with Gasteiger partial charge in [0.25, 0.3) is 0 Å². The Labute approximate surface area is 90.4 Å². The fraction of sp³-hybridized carbons (Fsp3) is 0.417. The van der Waals surface area contributed by atoms with Gasteiger partial charge in [0.1, 0.15) is 0 Å². The summed E-state index contributed by atoms with van der Waals surface area (Å²) in [7, 11) is 0. The lowest BCUT2D eigenvalue weighted by Gasteiger charge is -2.24. The summed E-state index contributed by atoms with van der Waals surface area (Å²) in [5, 5.41) is 0. The van der Waals surface area contributed by atoms with Gasteiger partial charge in [-0.2, -0.15) is 0 Å². The van der Waals surface area contributed by atoms with Crippen molar-refractivity contribution in [2.24, 2.45) is 0 Å². The molecule has 0 aromatic carbocycles. The molecule has 0 fully saturated rings. The second kappa shape index (κ2) is 3.57. The van der Waals surface area contributed by atoms with Crippen molar-refractivity contribution < 1.29 is 4.74 Å². The third-order valence-electron chi connectivity index (χ3n) is 2.56. The van der Waals surface area contributed by atoms with Gasteiger partial charge in [0, 0.05) is 5.69 Å². The lowest BCUT2D eigenvalue weighted by molar-refractivity contribution is 0.173. The van der Waals surface area contributed by atoms with Gasteiger partial charge in [0.05, 0.1) is 17.1 Å². The predicted molar refractivity (Wildman–Crippen MR) is 59.2 cm³/mol. The molecule has 1 unspecified atom stereocenters. The number of nitrogens with zero attached hydrogens (tertiary/aromatic N) is 2. The largest absolute Gasteiger partial charge is 0.465 e. The molecule has 1 aliphatic heterocycles. The van der Waals surface area contributed by atoms with E-state index in [0.29, 0.717) is 0 Å². The van der Waals surface area contributed by atoms with Crippen LogP contribution in [0.2, 0.25) is 0 Å². The van der Waals surface area contributed by atoms with Crippen LogP contribution in [0.5, 0.6) is 0 Å². The van der Waals surface area contributed by atoms with Crippen LogP contribution in [0.3, 0.4) is 0 Å². The lowest BCUT2D eigenvalue weighted by Crippen LogP contribution is -2.28. The summed E-state index contributed by atoms with van der Waals surface area (Å²) in [6.07, 6.45) is 2.88. The van der Waals surface area contributed by atoms with Gasteiger partial charge in [-0.3, -0.25) is 4.98 Å². The third-order valence-corrected chi connectivity index (χ3v) is 2.56. The summed E-state index contributed by atoms with van der Waals surface area (Å²) in [4.78, 5) is 6.55. The predicted octanol–water partition coefficient (Wildman–Crippen LogP) is 2.55. The number of aromatic nitrogens is 1. The fourth-order valence-electron chi connectivity index (χ4n) is 1.86. The first-order valence-electron chi connectivity index (χ1n) is 5.08. The van der Waals surface area contributed by atoms with E-state index in [1.165, 1.54) is 0 Å². The van der Waals surface area contributed by atoms with Crippen LogP contribution < -0.4 is 4.90 Å². The average Bonchev–Trinajstić information content (AvgIpc) is 2.48. The molecular formula is C12H15N2O. The number of rotatable bonds is 1. The Morgan fingerprint density at radius 3 is 2.60 bits per heavy atom. The average molecular weight is 203 g/mol. The molecule has 1 radical (unpaired) electrons. The molecule has 79 valence electrons. The SMILES string of the molecule is CC1=[C]OC(C)N1c1ccc(C)nc1C. The Bertz CT molecular complexity index is 412. The Kier molecular flexibility index (Phi) is 2.39. The van der Waals surface area contributed by atoms with E-state index in [1.807, 2.05) is 33.8 Å². The Balaban J connectivity index is 2.41. The third kappa shape index (κ3) is 1.69. The molecular weight excluding hydrogens is 188 g/mol. The standard InChI is InChI=1S/C12H15N2O/c1-8-5-6-12(10(3)13-8)14-9(2)7-15-11(14)4/h5-6,11H,1-4H3. The summed E-state index contributed by atoms with van der Waals surface area (Å²) >= 11 is 0. The first kappa shape index (κ1) is 10.0. The van der Waals surface area contributed by atoms with Crippen molar-refractivity contribution in [2.75, 3.05) is 4.90 Å². The monoisotopic (exact) mass is 203 g/mol. The molecule has 2 rings (SSSR count). The summed E-state index contributed by atoms with van der Waals surface area (Å²) in [6, 6.07) is 4.09. The Morgan fingerprint density at radius 2 is 2.07 bits per heavy atom. The minimum absolute atomic E-state index is 0.00760. The minimum Gasteiger partial charge on any atom is -0.465 e. The highest BCUT2D eigenvalue weighted by Crippen LogP contribution is 2.28. The van der Waals surface area contributed by atoms with E-state index in [4.69, 9.17) is 4.74 Å². The van der Waals surface area contributed by atoms with Crippen molar-refractivity contribution in [3.63, 3.8) is 0 Å². The summed E-state index contributed by atoms with van der Waals surface area (Å²) in [5.74, 6) is 0. The molecule has 0 N–H and O–H groups in total. The van der Waals surface area contributed by atoms with E-state index in [-0.39, 0.29) is 6.23 Å². The smallest absolute Gasteiger partial charge is 0.185 e. The van der Waals surface area contributed by atoms with Crippen LogP contribution in [0.4, 0.5) is 5.69 Å². The molecule has 0 amide bonds. The topological polar surface area (TPSA) is 25.4 Å². The molecule has 2 heterocycles. The molecule has 15 heavy (non-hydrogen) atoms. The van der Waals surface area contributed by atoms with Gasteiger partial charge >= 0.3 is 0 Å². The van der Waals surface area contributed by atoms with Crippen LogP contribution in [-0.2, 0) is 4.74 Å². The van der Waals surface area contributed by atoms with Gasteiger partial charge in [-0.15, -0.1) is 0 Å². The van der Waals surface area contributed by atoms with Crippen LogP contribution in [0.1, 0.15) is 25.2 Å². The fourth-order valence-corrected chi connectivity index (χ4v) is 1.86. The lowest BCUT2D eigenvalue weighted by atomic mass is 10.2. The maximum atomic E-state index is 5.33. The van der Waals surface area contributed by atoms with Gasteiger partial charge in [-0.25, -0.2) is 0 Å². The normalized spacial score (nSPS) is 20.1. The summed E-state index contributed by atoms with van der Waals surface area (Å²) in [6.45, 7) is 8.00.